The average Bonchev–Trinajstić information content (AvgIpc) is 2.75. The van der Waals surface area contributed by atoms with Crippen molar-refractivity contribution in [1.29, 1.82) is 0 Å². The second kappa shape index (κ2) is 8.70. The minimum atomic E-state index is -0.225. The molecule has 0 aliphatic rings. The highest BCUT2D eigenvalue weighted by Gasteiger charge is 2.20. The zero-order chi connectivity index (χ0) is 20.1. The maximum atomic E-state index is 12.9. The molecule has 4 aromatic rings. The van der Waals surface area contributed by atoms with Crippen molar-refractivity contribution in [1.82, 2.24) is 9.55 Å². The average molecular weight is 380 g/mol. The molecule has 0 amide bonds. The van der Waals surface area contributed by atoms with Crippen molar-refractivity contribution < 1.29 is 0 Å². The molecule has 4 rings (SSSR count). The van der Waals surface area contributed by atoms with Gasteiger partial charge in [0.25, 0.3) is 0 Å². The summed E-state index contributed by atoms with van der Waals surface area (Å²) in [5.74, 6) is 0.148. The Balaban J connectivity index is 1.84. The van der Waals surface area contributed by atoms with Crippen LogP contribution in [-0.2, 0) is 12.8 Å². The Morgan fingerprint density at radius 3 is 1.76 bits per heavy atom. The summed E-state index contributed by atoms with van der Waals surface area (Å²) >= 11 is 0. The van der Waals surface area contributed by atoms with Crippen LogP contribution in [0.15, 0.2) is 102 Å². The van der Waals surface area contributed by atoms with Gasteiger partial charge in [-0.05, 0) is 49.1 Å². The maximum absolute atomic E-state index is 12.9. The van der Waals surface area contributed by atoms with Crippen LogP contribution in [0.4, 0.5) is 0 Å². The van der Waals surface area contributed by atoms with Crippen molar-refractivity contribution in [3.63, 3.8) is 0 Å². The van der Waals surface area contributed by atoms with Gasteiger partial charge in [-0.3, -0.25) is 4.57 Å². The fourth-order valence-electron chi connectivity index (χ4n) is 3.84. The summed E-state index contributed by atoms with van der Waals surface area (Å²) in [5.41, 5.74) is 4.90. The SMILES string of the molecule is Cc1cc(C(Cc2ccccc2)Cc2ccccc2)n(-c2ccccc2)c(=O)n1. The fraction of sp³-hybridized carbons (Fsp3) is 0.154. The summed E-state index contributed by atoms with van der Waals surface area (Å²) in [7, 11) is 0. The van der Waals surface area contributed by atoms with Gasteiger partial charge < -0.3 is 0 Å². The third-order valence-electron chi connectivity index (χ3n) is 5.16. The lowest BCUT2D eigenvalue weighted by molar-refractivity contribution is 0.623. The maximum Gasteiger partial charge on any atom is 0.352 e. The Morgan fingerprint density at radius 1 is 0.759 bits per heavy atom. The van der Waals surface area contributed by atoms with Gasteiger partial charge in [-0.2, -0.15) is 4.98 Å². The van der Waals surface area contributed by atoms with E-state index in [4.69, 9.17) is 0 Å². The van der Waals surface area contributed by atoms with Crippen molar-refractivity contribution in [2.24, 2.45) is 0 Å². The first-order valence-electron chi connectivity index (χ1n) is 9.94. The number of hydrogen-bond donors (Lipinski definition) is 0. The highest BCUT2D eigenvalue weighted by Crippen LogP contribution is 2.27. The molecular formula is C26H24N2O. The normalized spacial score (nSPS) is 11.0. The van der Waals surface area contributed by atoms with E-state index < -0.39 is 0 Å². The lowest BCUT2D eigenvalue weighted by atomic mass is 9.89. The molecule has 3 aromatic carbocycles. The molecule has 0 bridgehead atoms. The number of para-hydroxylation sites is 1. The highest BCUT2D eigenvalue weighted by molar-refractivity contribution is 5.36. The molecule has 0 N–H and O–H groups in total. The molecule has 0 saturated heterocycles. The predicted octanol–water partition coefficient (Wildman–Crippen LogP) is 5.11. The van der Waals surface area contributed by atoms with E-state index in [2.05, 4.69) is 59.6 Å². The van der Waals surface area contributed by atoms with E-state index >= 15 is 0 Å². The second-order valence-corrected chi connectivity index (χ2v) is 7.35. The summed E-state index contributed by atoms with van der Waals surface area (Å²) < 4.78 is 1.77. The van der Waals surface area contributed by atoms with E-state index in [-0.39, 0.29) is 11.6 Å². The number of rotatable bonds is 6. The molecule has 0 unspecified atom stereocenters. The molecule has 0 fully saturated rings. The van der Waals surface area contributed by atoms with Gasteiger partial charge in [-0.25, -0.2) is 4.79 Å². The molecule has 0 aliphatic heterocycles. The van der Waals surface area contributed by atoms with E-state index in [0.29, 0.717) is 0 Å². The first-order chi connectivity index (χ1) is 14.2. The van der Waals surface area contributed by atoms with Crippen molar-refractivity contribution in [3.8, 4) is 5.69 Å². The zero-order valence-electron chi connectivity index (χ0n) is 16.5. The van der Waals surface area contributed by atoms with Gasteiger partial charge in [0.05, 0.1) is 5.69 Å². The van der Waals surface area contributed by atoms with E-state index in [1.54, 1.807) is 4.57 Å². The van der Waals surface area contributed by atoms with Crippen molar-refractivity contribution in [2.45, 2.75) is 25.7 Å². The molecule has 3 nitrogen and oxygen atoms in total. The standard InChI is InChI=1S/C26H24N2O/c1-20-17-25(28(26(29)27-20)24-15-9-4-10-16-24)23(18-21-11-5-2-6-12-21)19-22-13-7-3-8-14-22/h2-17,23H,18-19H2,1H3. The van der Waals surface area contributed by atoms with Crippen LogP contribution in [0, 0.1) is 6.92 Å². The lowest BCUT2D eigenvalue weighted by Gasteiger charge is -2.22. The van der Waals surface area contributed by atoms with E-state index in [1.807, 2.05) is 49.4 Å². The number of benzene rings is 3. The summed E-state index contributed by atoms with van der Waals surface area (Å²) in [6.07, 6.45) is 1.71. The van der Waals surface area contributed by atoms with Crippen LogP contribution >= 0.6 is 0 Å². The zero-order valence-corrected chi connectivity index (χ0v) is 16.5. The Labute approximate surface area is 171 Å². The van der Waals surface area contributed by atoms with Crippen LogP contribution in [-0.4, -0.2) is 9.55 Å². The van der Waals surface area contributed by atoms with Gasteiger partial charge >= 0.3 is 5.69 Å². The lowest BCUT2D eigenvalue weighted by Crippen LogP contribution is -2.28. The molecule has 144 valence electrons. The third-order valence-corrected chi connectivity index (χ3v) is 5.16. The number of nitrogens with zero attached hydrogens (tertiary/aromatic N) is 2. The Morgan fingerprint density at radius 2 is 1.24 bits per heavy atom. The van der Waals surface area contributed by atoms with Crippen LogP contribution in [0.5, 0.6) is 0 Å². The number of hydrogen-bond acceptors (Lipinski definition) is 2. The summed E-state index contributed by atoms with van der Waals surface area (Å²) in [6.45, 7) is 1.89. The van der Waals surface area contributed by atoms with Crippen LogP contribution < -0.4 is 5.69 Å². The second-order valence-electron chi connectivity index (χ2n) is 7.35. The molecule has 1 aromatic heterocycles. The molecule has 0 atom stereocenters. The van der Waals surface area contributed by atoms with Crippen LogP contribution in [0.25, 0.3) is 5.69 Å². The number of aromatic nitrogens is 2. The number of aryl methyl sites for hydroxylation is 1. The highest BCUT2D eigenvalue weighted by atomic mass is 16.1. The minimum Gasteiger partial charge on any atom is -0.265 e. The van der Waals surface area contributed by atoms with Crippen molar-refractivity contribution >= 4 is 0 Å². The van der Waals surface area contributed by atoms with Gasteiger partial charge in [-0.1, -0.05) is 78.9 Å². The smallest absolute Gasteiger partial charge is 0.265 e. The first-order valence-corrected chi connectivity index (χ1v) is 9.94. The Hall–Kier alpha value is -3.46. The molecular weight excluding hydrogens is 356 g/mol. The largest absolute Gasteiger partial charge is 0.352 e. The van der Waals surface area contributed by atoms with Gasteiger partial charge in [0.2, 0.25) is 0 Å². The van der Waals surface area contributed by atoms with E-state index in [9.17, 15) is 4.79 Å². The molecule has 0 saturated carbocycles. The van der Waals surface area contributed by atoms with E-state index in [0.717, 1.165) is 29.9 Å². The summed E-state index contributed by atoms with van der Waals surface area (Å²) in [6, 6.07) is 32.8. The molecule has 0 radical (unpaired) electrons. The monoisotopic (exact) mass is 380 g/mol. The topological polar surface area (TPSA) is 34.9 Å². The first kappa shape index (κ1) is 18.9. The molecule has 0 spiro atoms. The summed E-state index contributed by atoms with van der Waals surface area (Å²) in [4.78, 5) is 17.1. The van der Waals surface area contributed by atoms with Crippen LogP contribution in [0.3, 0.4) is 0 Å². The van der Waals surface area contributed by atoms with Crippen molar-refractivity contribution in [3.05, 3.63) is 130 Å². The minimum absolute atomic E-state index is 0.148. The third kappa shape index (κ3) is 4.52. The Kier molecular flexibility index (Phi) is 5.66. The fourth-order valence-corrected chi connectivity index (χ4v) is 3.84. The van der Waals surface area contributed by atoms with Crippen molar-refractivity contribution in [2.75, 3.05) is 0 Å². The molecule has 0 aliphatic carbocycles. The van der Waals surface area contributed by atoms with Gasteiger partial charge in [0, 0.05) is 17.3 Å². The quantitative estimate of drug-likeness (QED) is 0.466. The molecule has 3 heteroatoms. The van der Waals surface area contributed by atoms with E-state index in [1.165, 1.54) is 11.1 Å². The molecule has 29 heavy (non-hydrogen) atoms. The summed E-state index contributed by atoms with van der Waals surface area (Å²) in [5, 5.41) is 0. The Bertz CT molecular complexity index is 1080. The molecule has 1 heterocycles. The van der Waals surface area contributed by atoms with Crippen LogP contribution in [0.2, 0.25) is 0 Å². The van der Waals surface area contributed by atoms with Crippen LogP contribution in [0.1, 0.15) is 28.4 Å². The predicted molar refractivity (Wildman–Crippen MR) is 118 cm³/mol. The van der Waals surface area contributed by atoms with Gasteiger partial charge in [0.15, 0.2) is 0 Å². The van der Waals surface area contributed by atoms with Gasteiger partial charge in [0.1, 0.15) is 0 Å². The van der Waals surface area contributed by atoms with Gasteiger partial charge in [-0.15, -0.1) is 0 Å².